The Kier molecular flexibility index (Phi) is 3.58. The topological polar surface area (TPSA) is 60.0 Å². The van der Waals surface area contributed by atoms with Crippen LogP contribution in [-0.2, 0) is 13.0 Å². The monoisotopic (exact) mass is 263 g/mol. The molecule has 0 amide bonds. The molecule has 19 heavy (non-hydrogen) atoms. The molecule has 0 saturated carbocycles. The van der Waals surface area contributed by atoms with Crippen LogP contribution in [0.4, 0.5) is 0 Å². The molecule has 2 unspecified atom stereocenters. The molecule has 2 aliphatic rings. The lowest BCUT2D eigenvalue weighted by molar-refractivity contribution is 0.264. The quantitative estimate of drug-likeness (QED) is 0.894. The minimum Gasteiger partial charge on any atom is -0.321 e. The SMILES string of the molecule is CC(C)N1CCC(Cc2nc3n(n2)CCCC3N)C1. The van der Waals surface area contributed by atoms with Gasteiger partial charge >= 0.3 is 0 Å². The van der Waals surface area contributed by atoms with Gasteiger partial charge < -0.3 is 10.6 Å². The molecule has 2 N–H and O–H groups in total. The van der Waals surface area contributed by atoms with Crippen LogP contribution in [-0.4, -0.2) is 38.8 Å². The maximum absolute atomic E-state index is 6.10. The Morgan fingerprint density at radius 2 is 2.16 bits per heavy atom. The van der Waals surface area contributed by atoms with Gasteiger partial charge in [-0.15, -0.1) is 0 Å². The van der Waals surface area contributed by atoms with Crippen molar-refractivity contribution in [3.8, 4) is 0 Å². The van der Waals surface area contributed by atoms with E-state index in [2.05, 4.69) is 28.8 Å². The number of nitrogens with zero attached hydrogens (tertiary/aromatic N) is 4. The van der Waals surface area contributed by atoms with E-state index in [9.17, 15) is 0 Å². The number of nitrogens with two attached hydrogens (primary N) is 1. The predicted molar refractivity (Wildman–Crippen MR) is 74.7 cm³/mol. The molecule has 106 valence electrons. The highest BCUT2D eigenvalue weighted by Gasteiger charge is 2.27. The van der Waals surface area contributed by atoms with E-state index < -0.39 is 0 Å². The number of hydrogen-bond acceptors (Lipinski definition) is 4. The molecule has 5 heteroatoms. The van der Waals surface area contributed by atoms with Gasteiger partial charge in [0.15, 0.2) is 5.82 Å². The molecular formula is C14H25N5. The molecule has 0 spiro atoms. The summed E-state index contributed by atoms with van der Waals surface area (Å²) in [6, 6.07) is 0.743. The van der Waals surface area contributed by atoms with Crippen molar-refractivity contribution in [3.05, 3.63) is 11.6 Å². The van der Waals surface area contributed by atoms with Crippen LogP contribution < -0.4 is 5.73 Å². The van der Waals surface area contributed by atoms with Gasteiger partial charge in [-0.25, -0.2) is 9.67 Å². The lowest BCUT2D eigenvalue weighted by atomic mass is 10.0. The zero-order valence-electron chi connectivity index (χ0n) is 12.0. The van der Waals surface area contributed by atoms with E-state index in [0.717, 1.165) is 37.5 Å². The molecule has 0 radical (unpaired) electrons. The van der Waals surface area contributed by atoms with Crippen LogP contribution in [0.1, 0.15) is 50.8 Å². The zero-order chi connectivity index (χ0) is 13.4. The van der Waals surface area contributed by atoms with Gasteiger partial charge in [-0.3, -0.25) is 0 Å². The smallest absolute Gasteiger partial charge is 0.151 e. The summed E-state index contributed by atoms with van der Waals surface area (Å²) in [5.41, 5.74) is 6.10. The van der Waals surface area contributed by atoms with Crippen LogP contribution in [0.2, 0.25) is 0 Å². The summed E-state index contributed by atoms with van der Waals surface area (Å²) in [7, 11) is 0. The van der Waals surface area contributed by atoms with Crippen LogP contribution in [0.15, 0.2) is 0 Å². The van der Waals surface area contributed by atoms with Gasteiger partial charge in [0.05, 0.1) is 6.04 Å². The summed E-state index contributed by atoms with van der Waals surface area (Å²) in [6.45, 7) is 7.94. The third kappa shape index (κ3) is 2.67. The summed E-state index contributed by atoms with van der Waals surface area (Å²) in [4.78, 5) is 7.22. The molecular weight excluding hydrogens is 238 g/mol. The Morgan fingerprint density at radius 3 is 2.84 bits per heavy atom. The van der Waals surface area contributed by atoms with Crippen LogP contribution in [0.5, 0.6) is 0 Å². The minimum atomic E-state index is 0.0886. The summed E-state index contributed by atoms with van der Waals surface area (Å²) < 4.78 is 2.03. The van der Waals surface area contributed by atoms with Gasteiger partial charge in [-0.1, -0.05) is 0 Å². The maximum Gasteiger partial charge on any atom is 0.151 e. The zero-order valence-corrected chi connectivity index (χ0v) is 12.0. The van der Waals surface area contributed by atoms with Crippen LogP contribution >= 0.6 is 0 Å². The molecule has 3 rings (SSSR count). The lowest BCUT2D eigenvalue weighted by Crippen LogP contribution is -2.28. The van der Waals surface area contributed by atoms with Gasteiger partial charge in [0, 0.05) is 25.6 Å². The number of fused-ring (bicyclic) bond motifs is 1. The predicted octanol–water partition coefficient (Wildman–Crippen LogP) is 1.34. The Balaban J connectivity index is 1.65. The fraction of sp³-hybridized carbons (Fsp3) is 0.857. The highest BCUT2D eigenvalue weighted by Crippen LogP contribution is 2.24. The van der Waals surface area contributed by atoms with Crippen molar-refractivity contribution in [2.45, 2.75) is 58.2 Å². The number of likely N-dealkylation sites (tertiary alicyclic amines) is 1. The molecule has 0 bridgehead atoms. The third-order valence-electron chi connectivity index (χ3n) is 4.48. The first-order chi connectivity index (χ1) is 9.13. The van der Waals surface area contributed by atoms with E-state index in [1.807, 2.05) is 4.68 Å². The third-order valence-corrected chi connectivity index (χ3v) is 4.48. The Morgan fingerprint density at radius 1 is 1.32 bits per heavy atom. The fourth-order valence-electron chi connectivity index (χ4n) is 3.27. The van der Waals surface area contributed by atoms with Crippen LogP contribution in [0.3, 0.4) is 0 Å². The molecule has 1 aromatic rings. The van der Waals surface area contributed by atoms with Gasteiger partial charge in [-0.05, 0) is 45.6 Å². The van der Waals surface area contributed by atoms with E-state index >= 15 is 0 Å². The lowest BCUT2D eigenvalue weighted by Gasteiger charge is -2.19. The average molecular weight is 263 g/mol. The molecule has 0 aliphatic carbocycles. The summed E-state index contributed by atoms with van der Waals surface area (Å²) in [5, 5.41) is 4.64. The van der Waals surface area contributed by atoms with Crippen molar-refractivity contribution in [2.75, 3.05) is 13.1 Å². The van der Waals surface area contributed by atoms with Gasteiger partial charge in [0.2, 0.25) is 0 Å². The summed E-state index contributed by atoms with van der Waals surface area (Å²) >= 11 is 0. The standard InChI is InChI=1S/C14H25N5/c1-10(2)18-7-5-11(9-18)8-13-16-14-12(15)4-3-6-19(14)17-13/h10-12H,3-9,15H2,1-2H3. The Bertz CT molecular complexity index is 439. The molecule has 5 nitrogen and oxygen atoms in total. The molecule has 1 saturated heterocycles. The molecule has 2 aliphatic heterocycles. The molecule has 1 fully saturated rings. The largest absolute Gasteiger partial charge is 0.321 e. The summed E-state index contributed by atoms with van der Waals surface area (Å²) in [5.74, 6) is 2.71. The van der Waals surface area contributed by atoms with Crippen LogP contribution in [0, 0.1) is 5.92 Å². The number of hydrogen-bond donors (Lipinski definition) is 1. The van der Waals surface area contributed by atoms with Crippen molar-refractivity contribution in [2.24, 2.45) is 11.7 Å². The van der Waals surface area contributed by atoms with E-state index in [0.29, 0.717) is 12.0 Å². The second-order valence-corrected chi connectivity index (χ2v) is 6.31. The van der Waals surface area contributed by atoms with Crippen molar-refractivity contribution in [3.63, 3.8) is 0 Å². The van der Waals surface area contributed by atoms with E-state index in [-0.39, 0.29) is 6.04 Å². The van der Waals surface area contributed by atoms with Gasteiger partial charge in [0.1, 0.15) is 5.82 Å². The number of aryl methyl sites for hydroxylation is 1. The molecule has 3 heterocycles. The number of aromatic nitrogens is 3. The van der Waals surface area contributed by atoms with Crippen molar-refractivity contribution in [1.29, 1.82) is 0 Å². The highest BCUT2D eigenvalue weighted by atomic mass is 15.4. The fourth-order valence-corrected chi connectivity index (χ4v) is 3.27. The molecule has 0 aromatic carbocycles. The molecule has 1 aromatic heterocycles. The first-order valence-electron chi connectivity index (χ1n) is 7.56. The minimum absolute atomic E-state index is 0.0886. The second kappa shape index (κ2) is 5.21. The van der Waals surface area contributed by atoms with Crippen molar-refractivity contribution in [1.82, 2.24) is 19.7 Å². The van der Waals surface area contributed by atoms with Gasteiger partial charge in [-0.2, -0.15) is 5.10 Å². The van der Waals surface area contributed by atoms with E-state index in [1.54, 1.807) is 0 Å². The first kappa shape index (κ1) is 13.1. The second-order valence-electron chi connectivity index (χ2n) is 6.31. The summed E-state index contributed by atoms with van der Waals surface area (Å²) in [6.07, 6.45) is 4.45. The maximum atomic E-state index is 6.10. The molecule has 2 atom stereocenters. The van der Waals surface area contributed by atoms with E-state index in [1.165, 1.54) is 19.5 Å². The average Bonchev–Trinajstić information content (AvgIpc) is 2.96. The van der Waals surface area contributed by atoms with Crippen molar-refractivity contribution >= 4 is 0 Å². The van der Waals surface area contributed by atoms with Gasteiger partial charge in [0.25, 0.3) is 0 Å². The normalized spacial score (nSPS) is 28.0. The van der Waals surface area contributed by atoms with E-state index in [4.69, 9.17) is 5.73 Å². The first-order valence-corrected chi connectivity index (χ1v) is 7.56. The number of rotatable bonds is 3. The van der Waals surface area contributed by atoms with Crippen LogP contribution in [0.25, 0.3) is 0 Å². The highest BCUT2D eigenvalue weighted by molar-refractivity contribution is 5.02. The van der Waals surface area contributed by atoms with Crippen molar-refractivity contribution < 1.29 is 0 Å². The Hall–Kier alpha value is -0.940. The Labute approximate surface area is 115 Å².